The van der Waals surface area contributed by atoms with Crippen molar-refractivity contribution in [2.45, 2.75) is 97.5 Å². The fraction of sp³-hybridized carbons (Fsp3) is 0.410. The number of ether oxygens (including phenoxy) is 1. The monoisotopic (exact) mass is 733 g/mol. The summed E-state index contributed by atoms with van der Waals surface area (Å²) in [5.41, 5.74) is 2.08. The molecule has 0 saturated heterocycles. The van der Waals surface area contributed by atoms with Gasteiger partial charge in [0.1, 0.15) is 17.3 Å². The minimum absolute atomic E-state index is 0.0260. The Bertz CT molecular complexity index is 1980. The van der Waals surface area contributed by atoms with Crippen molar-refractivity contribution >= 4 is 33.5 Å². The summed E-state index contributed by atoms with van der Waals surface area (Å²) < 4.78 is 51.3. The summed E-state index contributed by atoms with van der Waals surface area (Å²) >= 11 is 0. The quantitative estimate of drug-likeness (QED) is 0.110. The smallest absolute Gasteiger partial charge is 0.421 e. The number of aromatic nitrogens is 3. The number of imidazole rings is 1. The van der Waals surface area contributed by atoms with Crippen LogP contribution in [-0.4, -0.2) is 53.4 Å². The molecule has 0 aliphatic rings. The second-order valence-corrected chi connectivity index (χ2v) is 14.7. The lowest BCUT2D eigenvalue weighted by Gasteiger charge is -2.29. The number of sulfonamides is 1. The molecule has 2 amide bonds. The average Bonchev–Trinajstić information content (AvgIpc) is 3.45. The highest BCUT2D eigenvalue weighted by atomic mass is 32.2. The molecule has 2 heterocycles. The van der Waals surface area contributed by atoms with Crippen molar-refractivity contribution in [3.05, 3.63) is 95.6 Å². The van der Waals surface area contributed by atoms with E-state index < -0.39 is 28.0 Å². The van der Waals surface area contributed by atoms with E-state index in [0.29, 0.717) is 48.6 Å². The van der Waals surface area contributed by atoms with Crippen LogP contribution in [0.1, 0.15) is 94.8 Å². The van der Waals surface area contributed by atoms with Crippen LogP contribution in [0.3, 0.4) is 0 Å². The van der Waals surface area contributed by atoms with Gasteiger partial charge in [0.25, 0.3) is 10.0 Å². The molecular weight excluding hydrogens is 686 g/mol. The van der Waals surface area contributed by atoms with E-state index in [-0.39, 0.29) is 58.8 Å². The molecule has 2 aromatic heterocycles. The highest BCUT2D eigenvalue weighted by Gasteiger charge is 2.33. The van der Waals surface area contributed by atoms with Gasteiger partial charge in [-0.15, -0.1) is 0 Å². The number of rotatable bonds is 17. The lowest BCUT2D eigenvalue weighted by Crippen LogP contribution is -2.44. The summed E-state index contributed by atoms with van der Waals surface area (Å²) in [7, 11) is -4.36. The Morgan fingerprint density at radius 3 is 2.38 bits per heavy atom. The highest BCUT2D eigenvalue weighted by molar-refractivity contribution is 7.90. The predicted molar refractivity (Wildman–Crippen MR) is 198 cm³/mol. The van der Waals surface area contributed by atoms with E-state index in [2.05, 4.69) is 4.98 Å². The van der Waals surface area contributed by atoms with Gasteiger partial charge in [-0.25, -0.2) is 27.3 Å². The van der Waals surface area contributed by atoms with Crippen LogP contribution < -0.4 is 9.62 Å². The molecule has 4 rings (SSSR count). The van der Waals surface area contributed by atoms with Gasteiger partial charge in [-0.1, -0.05) is 65.0 Å². The third kappa shape index (κ3) is 9.49. The maximum absolute atomic E-state index is 16.1. The molecule has 11 nitrogen and oxygen atoms in total. The summed E-state index contributed by atoms with van der Waals surface area (Å²) in [5.74, 6) is -0.276. The largest absolute Gasteiger partial charge is 0.449 e. The number of hydrogen-bond donors (Lipinski definition) is 1. The van der Waals surface area contributed by atoms with Gasteiger partial charge in [-0.3, -0.25) is 14.6 Å². The van der Waals surface area contributed by atoms with Crippen molar-refractivity contribution in [1.82, 2.24) is 19.3 Å². The lowest BCUT2D eigenvalue weighted by atomic mass is 10.0. The Balaban J connectivity index is 1.70. The summed E-state index contributed by atoms with van der Waals surface area (Å²) in [6.45, 7) is 11.4. The van der Waals surface area contributed by atoms with Crippen LogP contribution in [0.4, 0.5) is 14.9 Å². The third-order valence-electron chi connectivity index (χ3n) is 8.60. The molecule has 4 aromatic rings. The zero-order valence-electron chi connectivity index (χ0n) is 30.7. The van der Waals surface area contributed by atoms with Crippen LogP contribution in [-0.2, 0) is 38.9 Å². The Morgan fingerprint density at radius 2 is 1.75 bits per heavy atom. The molecule has 1 N–H and O–H groups in total. The Morgan fingerprint density at radius 1 is 1.00 bits per heavy atom. The maximum Gasteiger partial charge on any atom is 0.421 e. The van der Waals surface area contributed by atoms with E-state index in [1.807, 2.05) is 39.3 Å². The zero-order chi connectivity index (χ0) is 38.0. The summed E-state index contributed by atoms with van der Waals surface area (Å²) in [6.07, 6.45) is 5.18. The van der Waals surface area contributed by atoms with Gasteiger partial charge >= 0.3 is 6.09 Å². The molecule has 13 heteroatoms. The molecule has 0 radical (unpaired) electrons. The van der Waals surface area contributed by atoms with Crippen molar-refractivity contribution < 1.29 is 31.9 Å². The number of pyridine rings is 1. The fourth-order valence-corrected chi connectivity index (χ4v) is 7.05. The van der Waals surface area contributed by atoms with E-state index in [1.54, 1.807) is 54.2 Å². The Labute approximate surface area is 305 Å². The van der Waals surface area contributed by atoms with Gasteiger partial charge in [0.15, 0.2) is 0 Å². The van der Waals surface area contributed by atoms with Crippen LogP contribution in [0.2, 0.25) is 0 Å². The first-order valence-electron chi connectivity index (χ1n) is 17.7. The lowest BCUT2D eigenvalue weighted by molar-refractivity contribution is -0.118. The average molecular weight is 734 g/mol. The number of nitrogens with zero attached hydrogens (tertiary/aromatic N) is 4. The van der Waals surface area contributed by atoms with Crippen LogP contribution in [0.15, 0.2) is 71.9 Å². The minimum atomic E-state index is -4.36. The van der Waals surface area contributed by atoms with Gasteiger partial charge in [-0.05, 0) is 68.4 Å². The van der Waals surface area contributed by atoms with Gasteiger partial charge < -0.3 is 14.2 Å². The molecule has 0 aliphatic carbocycles. The van der Waals surface area contributed by atoms with Crippen LogP contribution in [0.25, 0.3) is 11.1 Å². The van der Waals surface area contributed by atoms with E-state index in [1.165, 1.54) is 29.2 Å². The SMILES string of the molecule is CCCC(=O)N(c1cccnc1)C(C)C(=O)c1c(CC)nc(CCC)n1Cc1ccc(-c2ccccc2S(=O)(=O)NC(=O)OCCC(C)C)cc1F. The molecule has 52 heavy (non-hydrogen) atoms. The van der Waals surface area contributed by atoms with Crippen molar-refractivity contribution in [2.24, 2.45) is 5.92 Å². The zero-order valence-corrected chi connectivity index (χ0v) is 31.5. The molecule has 278 valence electrons. The Kier molecular flexibility index (Phi) is 13.8. The number of hydrogen-bond acceptors (Lipinski definition) is 8. The number of ketones is 1. The number of halogens is 1. The topological polar surface area (TPSA) is 141 Å². The number of carbonyl (C=O) groups is 3. The van der Waals surface area contributed by atoms with E-state index in [4.69, 9.17) is 9.72 Å². The molecule has 2 aromatic carbocycles. The first kappa shape index (κ1) is 39.9. The van der Waals surface area contributed by atoms with Crippen molar-refractivity contribution in [1.29, 1.82) is 0 Å². The molecule has 0 bridgehead atoms. The molecule has 0 saturated carbocycles. The first-order chi connectivity index (χ1) is 24.8. The number of anilines is 1. The molecular formula is C39H48FN5O6S. The van der Waals surface area contributed by atoms with Gasteiger partial charge in [0.05, 0.1) is 41.7 Å². The van der Waals surface area contributed by atoms with Gasteiger partial charge in [0, 0.05) is 30.2 Å². The van der Waals surface area contributed by atoms with Crippen molar-refractivity contribution in [3.8, 4) is 11.1 Å². The van der Waals surface area contributed by atoms with Gasteiger partial charge in [0.2, 0.25) is 11.7 Å². The number of Topliss-reactive ketones (excluding diaryl/α,β-unsaturated/α-hetero) is 1. The van der Waals surface area contributed by atoms with Crippen LogP contribution in [0.5, 0.6) is 0 Å². The maximum atomic E-state index is 16.1. The number of benzene rings is 2. The molecule has 1 atom stereocenters. The second kappa shape index (κ2) is 18.0. The van der Waals surface area contributed by atoms with Crippen molar-refractivity contribution in [2.75, 3.05) is 11.5 Å². The predicted octanol–water partition coefficient (Wildman–Crippen LogP) is 7.51. The summed E-state index contributed by atoms with van der Waals surface area (Å²) in [4.78, 5) is 50.3. The van der Waals surface area contributed by atoms with Gasteiger partial charge in [-0.2, -0.15) is 0 Å². The van der Waals surface area contributed by atoms with E-state index in [0.717, 1.165) is 6.42 Å². The number of aryl methyl sites for hydroxylation is 2. The molecule has 1 unspecified atom stereocenters. The highest BCUT2D eigenvalue weighted by Crippen LogP contribution is 2.30. The van der Waals surface area contributed by atoms with E-state index in [9.17, 15) is 22.8 Å². The minimum Gasteiger partial charge on any atom is -0.449 e. The number of amides is 2. The molecule has 0 spiro atoms. The standard InChI is InChI=1S/C39H48FN5O6S/c1-7-13-35-42-33(9-3)37(38(47)27(6)45(36(46)14-8-2)30-15-12-21-41-24-30)44(35)25-29-19-18-28(23-32(29)40)31-16-10-11-17-34(31)52(49,50)43-39(48)51-22-20-26(4)5/h10-12,15-19,21,23-24,26-27H,7-9,13-14,20,22,25H2,1-6H3,(H,43,48). The third-order valence-corrected chi connectivity index (χ3v) is 9.97. The van der Waals surface area contributed by atoms with E-state index >= 15 is 4.39 Å². The van der Waals surface area contributed by atoms with Crippen LogP contribution >= 0.6 is 0 Å². The molecule has 0 fully saturated rings. The van der Waals surface area contributed by atoms with Crippen LogP contribution in [0, 0.1) is 11.7 Å². The van der Waals surface area contributed by atoms with Crippen molar-refractivity contribution in [3.63, 3.8) is 0 Å². The fourth-order valence-electron chi connectivity index (χ4n) is 5.92. The summed E-state index contributed by atoms with van der Waals surface area (Å²) in [6, 6.07) is 12.9. The first-order valence-corrected chi connectivity index (χ1v) is 19.2. The number of nitrogens with one attached hydrogen (secondary N) is 1. The molecule has 0 aliphatic heterocycles. The second-order valence-electron chi connectivity index (χ2n) is 13.0. The normalized spacial score (nSPS) is 12.1. The summed E-state index contributed by atoms with van der Waals surface area (Å²) in [5, 5.41) is 0. The number of carbonyl (C=O) groups excluding carboxylic acids is 3. The Hall–Kier alpha value is -4.91.